The summed E-state index contributed by atoms with van der Waals surface area (Å²) in [6.07, 6.45) is 1.07. The van der Waals surface area contributed by atoms with Crippen LogP contribution in [0.1, 0.15) is 23.8 Å². The number of anilines is 1. The van der Waals surface area contributed by atoms with Crippen molar-refractivity contribution in [2.24, 2.45) is 0 Å². The van der Waals surface area contributed by atoms with Crippen LogP contribution in [0.4, 0.5) is 6.01 Å². The second-order valence-electron chi connectivity index (χ2n) is 5.00. The predicted molar refractivity (Wildman–Crippen MR) is 78.1 cm³/mol. The fourth-order valence-corrected chi connectivity index (χ4v) is 2.76. The van der Waals surface area contributed by atoms with Gasteiger partial charge in [-0.3, -0.25) is 0 Å². The van der Waals surface area contributed by atoms with Gasteiger partial charge in [-0.1, -0.05) is 28.8 Å². The monoisotopic (exact) mass is 292 g/mol. The molecule has 0 aliphatic carbocycles. The molecule has 1 aromatic heterocycles. The zero-order valence-corrected chi connectivity index (χ0v) is 12.1. The highest BCUT2D eigenvalue weighted by Crippen LogP contribution is 2.31. The molecule has 106 valence electrons. The first kappa shape index (κ1) is 13.4. The minimum Gasteiger partial charge on any atom is -0.407 e. The van der Waals surface area contributed by atoms with Gasteiger partial charge in [0.05, 0.1) is 6.54 Å². The number of nitrogens with one attached hydrogen (secondary N) is 1. The quantitative estimate of drug-likeness (QED) is 0.938. The van der Waals surface area contributed by atoms with Gasteiger partial charge in [0, 0.05) is 24.0 Å². The number of hydrogen-bond donors (Lipinski definition) is 1. The zero-order chi connectivity index (χ0) is 13.9. The van der Waals surface area contributed by atoms with Crippen LogP contribution in [0.3, 0.4) is 0 Å². The van der Waals surface area contributed by atoms with E-state index in [4.69, 9.17) is 16.0 Å². The normalized spacial score (nSPS) is 18.7. The van der Waals surface area contributed by atoms with Crippen molar-refractivity contribution in [1.29, 1.82) is 0 Å². The van der Waals surface area contributed by atoms with Gasteiger partial charge in [0.25, 0.3) is 0 Å². The summed E-state index contributed by atoms with van der Waals surface area (Å²) in [5.74, 6) is 1.09. The second kappa shape index (κ2) is 5.81. The van der Waals surface area contributed by atoms with Crippen molar-refractivity contribution < 1.29 is 4.42 Å². The first-order valence-corrected chi connectivity index (χ1v) is 7.11. The molecule has 1 unspecified atom stereocenters. The summed E-state index contributed by atoms with van der Waals surface area (Å²) >= 11 is 6.05. The van der Waals surface area contributed by atoms with E-state index in [2.05, 4.69) is 26.5 Å². The van der Waals surface area contributed by atoms with Crippen molar-refractivity contribution in [3.8, 4) is 0 Å². The molecular weight excluding hydrogens is 276 g/mol. The average molecular weight is 293 g/mol. The number of nitrogens with zero attached hydrogens (tertiary/aromatic N) is 3. The lowest BCUT2D eigenvalue weighted by molar-refractivity contribution is 0.476. The standard InChI is InChI=1S/C14H17ClN4O/c1-16-8-13-17-18-14(20-13)19-6-5-11(9-19)10-3-2-4-12(15)7-10/h2-4,7,11,16H,5-6,8-9H2,1H3. The largest absolute Gasteiger partial charge is 0.407 e. The molecular formula is C14H17ClN4O. The van der Waals surface area contributed by atoms with Gasteiger partial charge in [-0.15, -0.1) is 5.10 Å². The lowest BCUT2D eigenvalue weighted by Gasteiger charge is -2.13. The molecule has 0 amide bonds. The molecule has 1 atom stereocenters. The molecule has 1 saturated heterocycles. The summed E-state index contributed by atoms with van der Waals surface area (Å²) in [7, 11) is 1.86. The number of halogens is 1. The van der Waals surface area contributed by atoms with Crippen molar-refractivity contribution in [2.45, 2.75) is 18.9 Å². The Hall–Kier alpha value is -1.59. The van der Waals surface area contributed by atoms with Crippen LogP contribution in [0, 0.1) is 0 Å². The van der Waals surface area contributed by atoms with Gasteiger partial charge in [-0.2, -0.15) is 0 Å². The topological polar surface area (TPSA) is 54.2 Å². The summed E-state index contributed by atoms with van der Waals surface area (Å²) in [5, 5.41) is 11.9. The van der Waals surface area contributed by atoms with Crippen molar-refractivity contribution in [1.82, 2.24) is 15.5 Å². The highest BCUT2D eigenvalue weighted by Gasteiger charge is 2.27. The highest BCUT2D eigenvalue weighted by molar-refractivity contribution is 6.30. The molecule has 0 radical (unpaired) electrons. The second-order valence-corrected chi connectivity index (χ2v) is 5.43. The number of aromatic nitrogens is 2. The van der Waals surface area contributed by atoms with E-state index in [9.17, 15) is 0 Å². The third-order valence-corrected chi connectivity index (χ3v) is 3.80. The van der Waals surface area contributed by atoms with Gasteiger partial charge in [0.15, 0.2) is 0 Å². The Bertz CT molecular complexity index is 586. The van der Waals surface area contributed by atoms with Crippen LogP contribution in [0.5, 0.6) is 0 Å². The molecule has 1 aliphatic heterocycles. The van der Waals surface area contributed by atoms with E-state index in [1.165, 1.54) is 5.56 Å². The maximum absolute atomic E-state index is 6.05. The van der Waals surface area contributed by atoms with Crippen LogP contribution in [-0.2, 0) is 6.54 Å². The van der Waals surface area contributed by atoms with E-state index in [1.807, 2.05) is 25.2 Å². The van der Waals surface area contributed by atoms with E-state index in [-0.39, 0.29) is 0 Å². The first-order valence-electron chi connectivity index (χ1n) is 6.73. The summed E-state index contributed by atoms with van der Waals surface area (Å²) in [5.41, 5.74) is 1.27. The molecule has 20 heavy (non-hydrogen) atoms. The van der Waals surface area contributed by atoms with Crippen molar-refractivity contribution in [2.75, 3.05) is 25.0 Å². The zero-order valence-electron chi connectivity index (χ0n) is 11.3. The van der Waals surface area contributed by atoms with Crippen molar-refractivity contribution >= 4 is 17.6 Å². The summed E-state index contributed by atoms with van der Waals surface area (Å²) in [6.45, 7) is 2.42. The maximum Gasteiger partial charge on any atom is 0.318 e. The Kier molecular flexibility index (Phi) is 3.89. The van der Waals surface area contributed by atoms with Crippen LogP contribution in [0.15, 0.2) is 28.7 Å². The summed E-state index contributed by atoms with van der Waals surface area (Å²) in [4.78, 5) is 2.14. The molecule has 1 aromatic carbocycles. The Morgan fingerprint density at radius 3 is 3.15 bits per heavy atom. The van der Waals surface area contributed by atoms with E-state index < -0.39 is 0 Å². The van der Waals surface area contributed by atoms with E-state index in [0.717, 1.165) is 24.5 Å². The van der Waals surface area contributed by atoms with Gasteiger partial charge >= 0.3 is 6.01 Å². The van der Waals surface area contributed by atoms with Crippen LogP contribution in [0.25, 0.3) is 0 Å². The molecule has 0 saturated carbocycles. The minimum absolute atomic E-state index is 0.466. The SMILES string of the molecule is CNCc1nnc(N2CCC(c3cccc(Cl)c3)C2)o1. The number of hydrogen-bond acceptors (Lipinski definition) is 5. The molecule has 0 spiro atoms. The third-order valence-electron chi connectivity index (χ3n) is 3.56. The molecule has 2 heterocycles. The lowest BCUT2D eigenvalue weighted by Crippen LogP contribution is -2.19. The molecule has 2 aromatic rings. The molecule has 3 rings (SSSR count). The van der Waals surface area contributed by atoms with Crippen LogP contribution < -0.4 is 10.2 Å². The molecule has 6 heteroatoms. The Morgan fingerprint density at radius 2 is 2.35 bits per heavy atom. The molecule has 1 N–H and O–H groups in total. The maximum atomic E-state index is 6.05. The van der Waals surface area contributed by atoms with Crippen molar-refractivity contribution in [3.63, 3.8) is 0 Å². The van der Waals surface area contributed by atoms with Gasteiger partial charge in [0.1, 0.15) is 0 Å². The highest BCUT2D eigenvalue weighted by atomic mass is 35.5. The lowest BCUT2D eigenvalue weighted by atomic mass is 9.99. The minimum atomic E-state index is 0.466. The van der Waals surface area contributed by atoms with E-state index >= 15 is 0 Å². The first-order chi connectivity index (χ1) is 9.76. The molecule has 0 bridgehead atoms. The average Bonchev–Trinajstić information content (AvgIpc) is 3.07. The van der Waals surface area contributed by atoms with Gasteiger partial charge in [0.2, 0.25) is 5.89 Å². The number of rotatable bonds is 4. The Balaban J connectivity index is 1.69. The number of benzene rings is 1. The van der Waals surface area contributed by atoms with Gasteiger partial charge in [-0.05, 0) is 31.2 Å². The van der Waals surface area contributed by atoms with Crippen LogP contribution >= 0.6 is 11.6 Å². The van der Waals surface area contributed by atoms with Crippen molar-refractivity contribution in [3.05, 3.63) is 40.7 Å². The summed E-state index contributed by atoms with van der Waals surface area (Å²) < 4.78 is 5.63. The molecule has 1 aliphatic rings. The molecule has 5 nitrogen and oxygen atoms in total. The van der Waals surface area contributed by atoms with E-state index in [1.54, 1.807) is 0 Å². The van der Waals surface area contributed by atoms with Gasteiger partial charge in [-0.25, -0.2) is 0 Å². The fraction of sp³-hybridized carbons (Fsp3) is 0.429. The summed E-state index contributed by atoms with van der Waals surface area (Å²) in [6, 6.07) is 8.67. The predicted octanol–water partition coefficient (Wildman–Crippen LogP) is 2.44. The Morgan fingerprint density at radius 1 is 1.45 bits per heavy atom. The van der Waals surface area contributed by atoms with Crippen LogP contribution in [-0.4, -0.2) is 30.3 Å². The smallest absolute Gasteiger partial charge is 0.318 e. The van der Waals surface area contributed by atoms with E-state index in [0.29, 0.717) is 24.4 Å². The van der Waals surface area contributed by atoms with Crippen LogP contribution in [0.2, 0.25) is 5.02 Å². The molecule has 1 fully saturated rings. The fourth-order valence-electron chi connectivity index (χ4n) is 2.56. The Labute approximate surface area is 122 Å². The van der Waals surface area contributed by atoms with Gasteiger partial charge < -0.3 is 14.6 Å². The third kappa shape index (κ3) is 2.78.